The van der Waals surface area contributed by atoms with Gasteiger partial charge in [0.15, 0.2) is 0 Å². The number of nitrogens with zero attached hydrogens (tertiary/aromatic N) is 2. The van der Waals surface area contributed by atoms with Crippen molar-refractivity contribution < 1.29 is 0 Å². The van der Waals surface area contributed by atoms with Crippen molar-refractivity contribution in [2.45, 2.75) is 58.7 Å². The maximum Gasteiger partial charge on any atom is 0.0167 e. The summed E-state index contributed by atoms with van der Waals surface area (Å²) in [5.74, 6) is 0.840. The molecule has 2 fully saturated rings. The molecule has 0 radical (unpaired) electrons. The first-order chi connectivity index (χ1) is 7.18. The van der Waals surface area contributed by atoms with Crippen molar-refractivity contribution >= 4 is 0 Å². The monoisotopic (exact) mass is 224 g/mol. The van der Waals surface area contributed by atoms with Gasteiger partial charge in [0.2, 0.25) is 0 Å². The van der Waals surface area contributed by atoms with E-state index in [0.717, 1.165) is 18.0 Å². The first kappa shape index (κ1) is 12.4. The van der Waals surface area contributed by atoms with Crippen molar-refractivity contribution in [1.82, 2.24) is 9.80 Å². The molecular formula is C14H28N2. The summed E-state index contributed by atoms with van der Waals surface area (Å²) in [7, 11) is 4.40. The Hall–Kier alpha value is -0.0800. The zero-order valence-electron chi connectivity index (χ0n) is 12.0. The lowest BCUT2D eigenvalue weighted by molar-refractivity contribution is 0.0799. The topological polar surface area (TPSA) is 6.48 Å². The molecule has 0 N–H and O–H groups in total. The Morgan fingerprint density at radius 3 is 2.25 bits per heavy atom. The highest BCUT2D eigenvalue weighted by Gasteiger charge is 2.67. The molecule has 16 heavy (non-hydrogen) atoms. The van der Waals surface area contributed by atoms with Gasteiger partial charge < -0.3 is 4.90 Å². The van der Waals surface area contributed by atoms with Crippen LogP contribution in [0.25, 0.3) is 0 Å². The second-order valence-electron chi connectivity index (χ2n) is 7.41. The predicted octanol–water partition coefficient (Wildman–Crippen LogP) is 2.45. The van der Waals surface area contributed by atoms with E-state index >= 15 is 0 Å². The summed E-state index contributed by atoms with van der Waals surface area (Å²) < 4.78 is 0. The minimum absolute atomic E-state index is 0.322. The molecule has 2 aliphatic rings. The molecule has 1 unspecified atom stereocenters. The second kappa shape index (κ2) is 3.46. The lowest BCUT2D eigenvalue weighted by atomic mass is 9.86. The van der Waals surface area contributed by atoms with Gasteiger partial charge in [-0.1, -0.05) is 6.92 Å². The molecule has 0 bridgehead atoms. The Morgan fingerprint density at radius 1 is 1.31 bits per heavy atom. The van der Waals surface area contributed by atoms with Crippen LogP contribution in [0.4, 0.5) is 0 Å². The smallest absolute Gasteiger partial charge is 0.0167 e. The fraction of sp³-hybridized carbons (Fsp3) is 1.00. The van der Waals surface area contributed by atoms with Crippen molar-refractivity contribution in [3.63, 3.8) is 0 Å². The first-order valence-electron chi connectivity index (χ1n) is 6.61. The van der Waals surface area contributed by atoms with E-state index in [1.807, 2.05) is 0 Å². The van der Waals surface area contributed by atoms with Gasteiger partial charge in [0, 0.05) is 24.2 Å². The van der Waals surface area contributed by atoms with Crippen molar-refractivity contribution in [3.8, 4) is 0 Å². The molecule has 1 saturated carbocycles. The molecule has 4 atom stereocenters. The number of likely N-dealkylation sites (tertiary alicyclic amines) is 1. The van der Waals surface area contributed by atoms with Gasteiger partial charge in [-0.2, -0.15) is 0 Å². The highest BCUT2D eigenvalue weighted by atomic mass is 15.3. The van der Waals surface area contributed by atoms with Gasteiger partial charge in [0.1, 0.15) is 0 Å². The fourth-order valence-corrected chi connectivity index (χ4v) is 4.03. The minimum atomic E-state index is 0.322. The van der Waals surface area contributed by atoms with Crippen LogP contribution >= 0.6 is 0 Å². The second-order valence-corrected chi connectivity index (χ2v) is 7.41. The number of rotatable bonds is 2. The van der Waals surface area contributed by atoms with Gasteiger partial charge >= 0.3 is 0 Å². The maximum atomic E-state index is 2.77. The van der Waals surface area contributed by atoms with Crippen LogP contribution in [0.1, 0.15) is 41.0 Å². The molecule has 1 saturated heterocycles. The van der Waals surface area contributed by atoms with Crippen LogP contribution in [-0.2, 0) is 0 Å². The summed E-state index contributed by atoms with van der Waals surface area (Å²) in [6.07, 6.45) is 1.41. The Bertz CT molecular complexity index is 279. The number of hydrogen-bond acceptors (Lipinski definition) is 2. The van der Waals surface area contributed by atoms with Gasteiger partial charge in [0.25, 0.3) is 0 Å². The zero-order valence-corrected chi connectivity index (χ0v) is 12.0. The van der Waals surface area contributed by atoms with Crippen LogP contribution in [0.15, 0.2) is 0 Å². The molecule has 2 heteroatoms. The minimum Gasteiger partial charge on any atom is -0.309 e. The summed E-state index contributed by atoms with van der Waals surface area (Å²) in [5, 5.41) is 0. The summed E-state index contributed by atoms with van der Waals surface area (Å²) in [5.41, 5.74) is 0.917. The summed E-state index contributed by atoms with van der Waals surface area (Å²) in [4.78, 5) is 5.12. The average molecular weight is 224 g/mol. The third-order valence-corrected chi connectivity index (χ3v) is 4.77. The van der Waals surface area contributed by atoms with E-state index in [9.17, 15) is 0 Å². The molecule has 0 aromatic rings. The summed E-state index contributed by atoms with van der Waals surface area (Å²) in [6.45, 7) is 13.2. The van der Waals surface area contributed by atoms with Crippen molar-refractivity contribution in [1.29, 1.82) is 0 Å². The van der Waals surface area contributed by atoms with Crippen LogP contribution in [0, 0.1) is 11.3 Å². The molecule has 2 rings (SSSR count). The SMILES string of the molecule is C[C@@H]1C(CN(C)C)[C@@]2(C)C[C@H]2N1C(C)(C)C. The van der Waals surface area contributed by atoms with E-state index in [4.69, 9.17) is 0 Å². The Morgan fingerprint density at radius 2 is 1.88 bits per heavy atom. The van der Waals surface area contributed by atoms with Crippen LogP contribution in [0.3, 0.4) is 0 Å². The standard InChI is InChI=1S/C14H28N2/c1-10-11(9-15(6)7)14(5)8-12(14)16(10)13(2,3)4/h10-12H,8-9H2,1-7H3/t10-,11?,12-,14-/m1/s1. The van der Waals surface area contributed by atoms with Gasteiger partial charge in [0.05, 0.1) is 0 Å². The molecule has 0 spiro atoms. The van der Waals surface area contributed by atoms with Crippen LogP contribution < -0.4 is 0 Å². The highest BCUT2D eigenvalue weighted by molar-refractivity contribution is 5.20. The molecule has 1 aliphatic carbocycles. The molecule has 1 heterocycles. The maximum absolute atomic E-state index is 2.77. The first-order valence-corrected chi connectivity index (χ1v) is 6.61. The van der Waals surface area contributed by atoms with Crippen LogP contribution in [0.5, 0.6) is 0 Å². The van der Waals surface area contributed by atoms with E-state index in [1.54, 1.807) is 0 Å². The average Bonchev–Trinajstić information content (AvgIpc) is 2.66. The van der Waals surface area contributed by atoms with E-state index in [0.29, 0.717) is 11.0 Å². The molecule has 0 aromatic carbocycles. The van der Waals surface area contributed by atoms with Gasteiger partial charge in [-0.05, 0) is 59.5 Å². The Labute approximate surface area is 101 Å². The van der Waals surface area contributed by atoms with E-state index in [2.05, 4.69) is 58.5 Å². The van der Waals surface area contributed by atoms with Gasteiger partial charge in [-0.3, -0.25) is 4.90 Å². The molecule has 0 aromatic heterocycles. The van der Waals surface area contributed by atoms with E-state index < -0.39 is 0 Å². The van der Waals surface area contributed by atoms with Gasteiger partial charge in [-0.25, -0.2) is 0 Å². The lowest BCUT2D eigenvalue weighted by Gasteiger charge is -2.40. The molecular weight excluding hydrogens is 196 g/mol. The Kier molecular flexibility index (Phi) is 2.67. The number of piperidine rings is 1. The normalized spacial score (nSPS) is 43.9. The van der Waals surface area contributed by atoms with E-state index in [1.165, 1.54) is 13.0 Å². The van der Waals surface area contributed by atoms with Crippen molar-refractivity contribution in [2.24, 2.45) is 11.3 Å². The van der Waals surface area contributed by atoms with Crippen molar-refractivity contribution in [3.05, 3.63) is 0 Å². The quantitative estimate of drug-likeness (QED) is 0.711. The lowest BCUT2D eigenvalue weighted by Crippen LogP contribution is -2.48. The zero-order chi connectivity index (χ0) is 12.3. The third kappa shape index (κ3) is 1.70. The Balaban J connectivity index is 2.18. The molecule has 2 nitrogen and oxygen atoms in total. The van der Waals surface area contributed by atoms with Crippen LogP contribution in [0.2, 0.25) is 0 Å². The predicted molar refractivity (Wildman–Crippen MR) is 69.6 cm³/mol. The molecule has 1 aliphatic heterocycles. The van der Waals surface area contributed by atoms with E-state index in [-0.39, 0.29) is 0 Å². The fourth-order valence-electron chi connectivity index (χ4n) is 4.03. The summed E-state index contributed by atoms with van der Waals surface area (Å²) >= 11 is 0. The van der Waals surface area contributed by atoms with Gasteiger partial charge in [-0.15, -0.1) is 0 Å². The molecule has 0 amide bonds. The molecule has 94 valence electrons. The number of fused-ring (bicyclic) bond motifs is 1. The van der Waals surface area contributed by atoms with Crippen molar-refractivity contribution in [2.75, 3.05) is 20.6 Å². The highest BCUT2D eigenvalue weighted by Crippen LogP contribution is 2.64. The summed E-state index contributed by atoms with van der Waals surface area (Å²) in [6, 6.07) is 1.57. The number of hydrogen-bond donors (Lipinski definition) is 0. The van der Waals surface area contributed by atoms with Crippen LogP contribution in [-0.4, -0.2) is 48.1 Å². The third-order valence-electron chi connectivity index (χ3n) is 4.77. The largest absolute Gasteiger partial charge is 0.309 e.